The minimum Gasteiger partial charge on any atom is -0.299 e. The van der Waals surface area contributed by atoms with Gasteiger partial charge in [0.05, 0.1) is 11.5 Å². The third-order valence-corrected chi connectivity index (χ3v) is 3.20. The molecule has 0 bridgehead atoms. The zero-order valence-electron chi connectivity index (χ0n) is 6.47. The Morgan fingerprint density at radius 3 is 2.82 bits per heavy atom. The van der Waals surface area contributed by atoms with Gasteiger partial charge in [-0.3, -0.25) is 4.79 Å². The number of Topliss-reactive ketones (excluding diaryl/α,β-unsaturated/α-hetero) is 1. The normalized spacial score (nSPS) is 42.1. The molecule has 0 unspecified atom stereocenters. The molecule has 0 amide bonds. The van der Waals surface area contributed by atoms with Crippen molar-refractivity contribution in [1.29, 1.82) is 5.26 Å². The molecule has 2 atom stereocenters. The fourth-order valence-corrected chi connectivity index (χ4v) is 2.35. The molecule has 2 aliphatic carbocycles. The van der Waals surface area contributed by atoms with E-state index in [0.717, 1.165) is 25.7 Å². The average Bonchev–Trinajstić information content (AvgIpc) is 1.94. The first-order valence-electron chi connectivity index (χ1n) is 4.22. The molecule has 0 aromatic carbocycles. The van der Waals surface area contributed by atoms with E-state index in [1.165, 1.54) is 0 Å². The zero-order valence-corrected chi connectivity index (χ0v) is 6.47. The number of nitrogens with zero attached hydrogens (tertiary/aromatic N) is 1. The molecule has 0 aromatic rings. The first-order chi connectivity index (χ1) is 5.28. The Labute approximate surface area is 66.2 Å². The quantitative estimate of drug-likeness (QED) is 0.525. The van der Waals surface area contributed by atoms with Gasteiger partial charge in [0.15, 0.2) is 0 Å². The highest BCUT2D eigenvalue weighted by atomic mass is 16.1. The van der Waals surface area contributed by atoms with Crippen LogP contribution in [-0.4, -0.2) is 5.78 Å². The number of rotatable bonds is 0. The van der Waals surface area contributed by atoms with Gasteiger partial charge in [-0.15, -0.1) is 0 Å². The fourth-order valence-electron chi connectivity index (χ4n) is 2.35. The van der Waals surface area contributed by atoms with Crippen LogP contribution in [0.2, 0.25) is 0 Å². The highest BCUT2D eigenvalue weighted by Crippen LogP contribution is 2.53. The summed E-state index contributed by atoms with van der Waals surface area (Å²) in [6, 6.07) is 2.33. The predicted octanol–water partition coefficient (Wildman–Crippen LogP) is 1.66. The summed E-state index contributed by atoms with van der Waals surface area (Å²) in [5, 5.41) is 8.89. The first-order valence-corrected chi connectivity index (χ1v) is 4.22. The lowest BCUT2D eigenvalue weighted by atomic mass is 9.54. The van der Waals surface area contributed by atoms with Crippen molar-refractivity contribution in [3.8, 4) is 6.07 Å². The van der Waals surface area contributed by atoms with E-state index in [2.05, 4.69) is 6.07 Å². The Morgan fingerprint density at radius 2 is 2.36 bits per heavy atom. The third kappa shape index (κ3) is 0.742. The molecule has 0 N–H and O–H groups in total. The van der Waals surface area contributed by atoms with E-state index in [0.29, 0.717) is 12.2 Å². The van der Waals surface area contributed by atoms with Gasteiger partial charge in [-0.2, -0.15) is 5.26 Å². The Balaban J connectivity index is 2.24. The molecule has 0 spiro atoms. The van der Waals surface area contributed by atoms with Gasteiger partial charge in [-0.25, -0.2) is 0 Å². The molecule has 11 heavy (non-hydrogen) atoms. The smallest absolute Gasteiger partial charge is 0.137 e. The van der Waals surface area contributed by atoms with Crippen molar-refractivity contribution in [3.63, 3.8) is 0 Å². The SMILES string of the molecule is N#C[C@@]12CCCC(=O)[C@@H]1CC2. The molecule has 2 saturated carbocycles. The van der Waals surface area contributed by atoms with Gasteiger partial charge in [0.2, 0.25) is 0 Å². The second kappa shape index (κ2) is 2.07. The van der Waals surface area contributed by atoms with Crippen molar-refractivity contribution >= 4 is 5.78 Å². The lowest BCUT2D eigenvalue weighted by Gasteiger charge is -2.46. The monoisotopic (exact) mass is 149 g/mol. The van der Waals surface area contributed by atoms with Crippen molar-refractivity contribution in [2.75, 3.05) is 0 Å². The van der Waals surface area contributed by atoms with Crippen molar-refractivity contribution in [1.82, 2.24) is 0 Å². The standard InChI is InChI=1S/C9H11NO/c10-6-9-4-1-2-8(11)7(9)3-5-9/h7H,1-5H2/t7-,9-/m0/s1. The van der Waals surface area contributed by atoms with Crippen molar-refractivity contribution in [3.05, 3.63) is 0 Å². The van der Waals surface area contributed by atoms with E-state index in [-0.39, 0.29) is 11.3 Å². The second-order valence-corrected chi connectivity index (χ2v) is 3.68. The molecule has 2 aliphatic rings. The van der Waals surface area contributed by atoms with Crippen molar-refractivity contribution in [2.45, 2.75) is 32.1 Å². The molecule has 2 nitrogen and oxygen atoms in total. The average molecular weight is 149 g/mol. The van der Waals surface area contributed by atoms with Crippen LogP contribution in [0.1, 0.15) is 32.1 Å². The molecule has 0 heterocycles. The fraction of sp³-hybridized carbons (Fsp3) is 0.778. The van der Waals surface area contributed by atoms with Gasteiger partial charge in [-0.1, -0.05) is 0 Å². The molecular formula is C9H11NO. The maximum atomic E-state index is 11.3. The van der Waals surface area contributed by atoms with E-state index in [1.54, 1.807) is 0 Å². The number of hydrogen-bond acceptors (Lipinski definition) is 2. The molecule has 58 valence electrons. The second-order valence-electron chi connectivity index (χ2n) is 3.68. The van der Waals surface area contributed by atoms with Crippen molar-refractivity contribution in [2.24, 2.45) is 11.3 Å². The van der Waals surface area contributed by atoms with Crippen molar-refractivity contribution < 1.29 is 4.79 Å². The van der Waals surface area contributed by atoms with Crippen LogP contribution in [0.15, 0.2) is 0 Å². The summed E-state index contributed by atoms with van der Waals surface area (Å²) in [5.41, 5.74) is -0.213. The number of hydrogen-bond donors (Lipinski definition) is 0. The lowest BCUT2D eigenvalue weighted by Crippen LogP contribution is -2.46. The maximum Gasteiger partial charge on any atom is 0.137 e. The zero-order chi connectivity index (χ0) is 7.90. The lowest BCUT2D eigenvalue weighted by molar-refractivity contribution is -0.135. The van der Waals surface area contributed by atoms with Crippen LogP contribution in [0, 0.1) is 22.7 Å². The van der Waals surface area contributed by atoms with Gasteiger partial charge in [0.1, 0.15) is 5.78 Å². The number of ketones is 1. The predicted molar refractivity (Wildman–Crippen MR) is 39.6 cm³/mol. The summed E-state index contributed by atoms with van der Waals surface area (Å²) >= 11 is 0. The largest absolute Gasteiger partial charge is 0.299 e. The molecule has 2 rings (SSSR count). The summed E-state index contributed by atoms with van der Waals surface area (Å²) in [5.74, 6) is 0.449. The Bertz CT molecular complexity index is 240. The van der Waals surface area contributed by atoms with Crippen LogP contribution in [0.5, 0.6) is 0 Å². The Kier molecular flexibility index (Phi) is 1.29. The first kappa shape index (κ1) is 6.84. The van der Waals surface area contributed by atoms with Crippen LogP contribution in [0.25, 0.3) is 0 Å². The summed E-state index contributed by atoms with van der Waals surface area (Å²) < 4.78 is 0. The molecule has 2 heteroatoms. The van der Waals surface area contributed by atoms with E-state index < -0.39 is 0 Å². The molecule has 0 aromatic heterocycles. The van der Waals surface area contributed by atoms with E-state index in [1.807, 2.05) is 0 Å². The van der Waals surface area contributed by atoms with Crippen LogP contribution in [0.4, 0.5) is 0 Å². The minimum atomic E-state index is -0.213. The van der Waals surface area contributed by atoms with E-state index in [9.17, 15) is 4.79 Å². The van der Waals surface area contributed by atoms with Gasteiger partial charge < -0.3 is 0 Å². The molecule has 2 fully saturated rings. The van der Waals surface area contributed by atoms with E-state index in [4.69, 9.17) is 5.26 Å². The van der Waals surface area contributed by atoms with Crippen LogP contribution in [-0.2, 0) is 4.79 Å². The number of fused-ring (bicyclic) bond motifs is 1. The summed E-state index contributed by atoms with van der Waals surface area (Å²) in [6.07, 6.45) is 4.53. The molecule has 0 radical (unpaired) electrons. The van der Waals surface area contributed by atoms with Gasteiger partial charge in [0, 0.05) is 12.3 Å². The highest BCUT2D eigenvalue weighted by molar-refractivity contribution is 5.84. The molecule has 0 saturated heterocycles. The van der Waals surface area contributed by atoms with Crippen LogP contribution in [0.3, 0.4) is 0 Å². The maximum absolute atomic E-state index is 11.3. The summed E-state index contributed by atoms with van der Waals surface area (Å²) in [7, 11) is 0. The highest BCUT2D eigenvalue weighted by Gasteiger charge is 2.52. The molecular weight excluding hydrogens is 138 g/mol. The Hall–Kier alpha value is -0.840. The third-order valence-electron chi connectivity index (χ3n) is 3.20. The Morgan fingerprint density at radius 1 is 1.55 bits per heavy atom. The number of nitriles is 1. The van der Waals surface area contributed by atoms with E-state index >= 15 is 0 Å². The van der Waals surface area contributed by atoms with Crippen LogP contribution < -0.4 is 0 Å². The van der Waals surface area contributed by atoms with Gasteiger partial charge in [0.25, 0.3) is 0 Å². The summed E-state index contributed by atoms with van der Waals surface area (Å²) in [6.45, 7) is 0. The number of carbonyl (C=O) groups is 1. The molecule has 0 aliphatic heterocycles. The topological polar surface area (TPSA) is 40.9 Å². The van der Waals surface area contributed by atoms with Gasteiger partial charge in [-0.05, 0) is 25.7 Å². The number of carbonyl (C=O) groups excluding carboxylic acids is 1. The van der Waals surface area contributed by atoms with Gasteiger partial charge >= 0.3 is 0 Å². The minimum absolute atomic E-state index is 0.112. The van der Waals surface area contributed by atoms with Crippen LogP contribution >= 0.6 is 0 Å². The summed E-state index contributed by atoms with van der Waals surface area (Å²) in [4.78, 5) is 11.3.